The third kappa shape index (κ3) is 11.1. The van der Waals surface area contributed by atoms with Gasteiger partial charge in [0.05, 0.1) is 0 Å². The molecule has 0 bridgehead atoms. The van der Waals surface area contributed by atoms with E-state index in [-0.39, 0.29) is 0 Å². The molecule has 3 nitrogen and oxygen atoms in total. The summed E-state index contributed by atoms with van der Waals surface area (Å²) in [5, 5.41) is 0. The molecule has 0 aliphatic heterocycles. The molecule has 0 aromatic heterocycles. The van der Waals surface area contributed by atoms with Gasteiger partial charge in [-0.3, -0.25) is 0 Å². The van der Waals surface area contributed by atoms with Gasteiger partial charge in [-0.05, 0) is 63.7 Å². The molecule has 0 aliphatic rings. The van der Waals surface area contributed by atoms with Crippen LogP contribution in [0.1, 0.15) is 53.9 Å². The van der Waals surface area contributed by atoms with E-state index < -0.39 is 0 Å². The van der Waals surface area contributed by atoms with Crippen molar-refractivity contribution in [1.82, 2.24) is 9.80 Å². The fraction of sp³-hybridized carbons (Fsp3) is 1.00. The summed E-state index contributed by atoms with van der Waals surface area (Å²) in [6, 6.07) is 0. The topological polar surface area (TPSA) is 32.5 Å². The quantitative estimate of drug-likeness (QED) is 0.635. The maximum absolute atomic E-state index is 5.79. The lowest BCUT2D eigenvalue weighted by Crippen LogP contribution is -2.35. The van der Waals surface area contributed by atoms with E-state index in [2.05, 4.69) is 58.5 Å². The molecular weight excluding hydrogens is 258 g/mol. The fourth-order valence-electron chi connectivity index (χ4n) is 2.93. The molecule has 0 aromatic rings. The Morgan fingerprint density at radius 3 is 2.00 bits per heavy atom. The van der Waals surface area contributed by atoms with Crippen LogP contribution in [-0.2, 0) is 0 Å². The van der Waals surface area contributed by atoms with Crippen LogP contribution in [0, 0.1) is 17.3 Å². The third-order valence-corrected chi connectivity index (χ3v) is 4.25. The molecule has 0 heterocycles. The van der Waals surface area contributed by atoms with Crippen molar-refractivity contribution in [1.29, 1.82) is 0 Å². The first-order valence-corrected chi connectivity index (χ1v) is 8.74. The van der Waals surface area contributed by atoms with Gasteiger partial charge in [0, 0.05) is 19.6 Å². The molecule has 0 radical (unpaired) electrons. The monoisotopic (exact) mass is 299 g/mol. The number of nitrogens with zero attached hydrogens (tertiary/aromatic N) is 2. The highest BCUT2D eigenvalue weighted by Gasteiger charge is 2.23. The highest BCUT2D eigenvalue weighted by molar-refractivity contribution is 4.75. The number of hydrogen-bond acceptors (Lipinski definition) is 3. The minimum absolute atomic E-state index is 0.381. The summed E-state index contributed by atoms with van der Waals surface area (Å²) in [4.78, 5) is 4.91. The number of nitrogens with two attached hydrogens (primary N) is 1. The van der Waals surface area contributed by atoms with Gasteiger partial charge in [-0.2, -0.15) is 0 Å². The van der Waals surface area contributed by atoms with E-state index in [0.29, 0.717) is 5.41 Å². The van der Waals surface area contributed by atoms with Gasteiger partial charge in [0.1, 0.15) is 0 Å². The average Bonchev–Trinajstić information content (AvgIpc) is 2.32. The van der Waals surface area contributed by atoms with Crippen molar-refractivity contribution in [3.8, 4) is 0 Å². The van der Waals surface area contributed by atoms with Gasteiger partial charge in [-0.15, -0.1) is 0 Å². The lowest BCUT2D eigenvalue weighted by molar-refractivity contribution is 0.180. The van der Waals surface area contributed by atoms with E-state index in [4.69, 9.17) is 5.73 Å². The van der Waals surface area contributed by atoms with Crippen LogP contribution in [0.25, 0.3) is 0 Å². The summed E-state index contributed by atoms with van der Waals surface area (Å²) in [6.07, 6.45) is 3.75. The van der Waals surface area contributed by atoms with Crippen LogP contribution in [0.3, 0.4) is 0 Å². The second kappa shape index (κ2) is 10.6. The minimum Gasteiger partial charge on any atom is -0.330 e. The Hall–Kier alpha value is -0.120. The van der Waals surface area contributed by atoms with Gasteiger partial charge in [0.15, 0.2) is 0 Å². The van der Waals surface area contributed by atoms with E-state index in [1.165, 1.54) is 32.5 Å². The van der Waals surface area contributed by atoms with E-state index in [1.54, 1.807) is 0 Å². The Morgan fingerprint density at radius 1 is 0.952 bits per heavy atom. The zero-order chi connectivity index (χ0) is 16.5. The Labute approximate surface area is 134 Å². The molecule has 0 saturated heterocycles. The highest BCUT2D eigenvalue weighted by atomic mass is 15.2. The van der Waals surface area contributed by atoms with Crippen molar-refractivity contribution in [2.45, 2.75) is 53.9 Å². The molecule has 1 unspecified atom stereocenters. The Kier molecular flexibility index (Phi) is 10.5. The lowest BCUT2D eigenvalue weighted by atomic mass is 9.76. The van der Waals surface area contributed by atoms with Gasteiger partial charge >= 0.3 is 0 Å². The van der Waals surface area contributed by atoms with Crippen LogP contribution >= 0.6 is 0 Å². The Morgan fingerprint density at radius 2 is 1.57 bits per heavy atom. The van der Waals surface area contributed by atoms with Crippen LogP contribution in [-0.4, -0.2) is 56.6 Å². The predicted octanol–water partition coefficient (Wildman–Crippen LogP) is 3.30. The van der Waals surface area contributed by atoms with Crippen LogP contribution in [0.2, 0.25) is 0 Å². The summed E-state index contributed by atoms with van der Waals surface area (Å²) in [5.74, 6) is 1.49. The molecule has 0 rings (SSSR count). The van der Waals surface area contributed by atoms with Crippen LogP contribution < -0.4 is 5.73 Å². The number of rotatable bonds is 11. The van der Waals surface area contributed by atoms with E-state index >= 15 is 0 Å². The van der Waals surface area contributed by atoms with Crippen LogP contribution in [0.5, 0.6) is 0 Å². The number of hydrogen-bond donors (Lipinski definition) is 1. The lowest BCUT2D eigenvalue weighted by Gasteiger charge is -2.32. The third-order valence-electron chi connectivity index (χ3n) is 4.25. The van der Waals surface area contributed by atoms with Crippen molar-refractivity contribution in [2.24, 2.45) is 23.0 Å². The maximum Gasteiger partial charge on any atom is 0.0109 e. The average molecular weight is 300 g/mol. The molecule has 3 heteroatoms. The summed E-state index contributed by atoms with van der Waals surface area (Å²) in [5.41, 5.74) is 6.17. The first kappa shape index (κ1) is 20.9. The molecule has 21 heavy (non-hydrogen) atoms. The van der Waals surface area contributed by atoms with Crippen molar-refractivity contribution >= 4 is 0 Å². The van der Waals surface area contributed by atoms with Crippen molar-refractivity contribution in [3.05, 3.63) is 0 Å². The standard InChI is InChI=1S/C18H41N3/c1-16(2)15-21(14-13-20(6)7)12-8-9-17(10-11-19)18(3,4)5/h16-17H,8-15,19H2,1-7H3. The molecule has 0 fully saturated rings. The van der Waals surface area contributed by atoms with Crippen molar-refractivity contribution < 1.29 is 0 Å². The maximum atomic E-state index is 5.79. The second-order valence-corrected chi connectivity index (χ2v) is 8.28. The zero-order valence-corrected chi connectivity index (χ0v) is 15.8. The van der Waals surface area contributed by atoms with E-state index in [1.807, 2.05) is 0 Å². The van der Waals surface area contributed by atoms with Crippen molar-refractivity contribution in [3.63, 3.8) is 0 Å². The summed E-state index contributed by atoms with van der Waals surface area (Å²) in [7, 11) is 4.31. The van der Waals surface area contributed by atoms with Gasteiger partial charge in [0.2, 0.25) is 0 Å². The molecule has 0 amide bonds. The zero-order valence-electron chi connectivity index (χ0n) is 15.8. The summed E-state index contributed by atoms with van der Waals surface area (Å²) >= 11 is 0. The van der Waals surface area contributed by atoms with Gasteiger partial charge in [0.25, 0.3) is 0 Å². The van der Waals surface area contributed by atoms with Gasteiger partial charge in [-0.25, -0.2) is 0 Å². The molecule has 0 saturated carbocycles. The van der Waals surface area contributed by atoms with E-state index in [9.17, 15) is 0 Å². The SMILES string of the molecule is CC(C)CN(CCCC(CCN)C(C)(C)C)CCN(C)C. The van der Waals surface area contributed by atoms with E-state index in [0.717, 1.165) is 31.3 Å². The molecule has 1 atom stereocenters. The molecule has 2 N–H and O–H groups in total. The van der Waals surface area contributed by atoms with Crippen molar-refractivity contribution in [2.75, 3.05) is 46.8 Å². The first-order chi connectivity index (χ1) is 9.66. The van der Waals surface area contributed by atoms with Crippen LogP contribution in [0.15, 0.2) is 0 Å². The highest BCUT2D eigenvalue weighted by Crippen LogP contribution is 2.32. The fourth-order valence-corrected chi connectivity index (χ4v) is 2.93. The molecule has 0 aliphatic carbocycles. The summed E-state index contributed by atoms with van der Waals surface area (Å²) in [6.45, 7) is 17.3. The minimum atomic E-state index is 0.381. The molecule has 0 spiro atoms. The first-order valence-electron chi connectivity index (χ1n) is 8.74. The van der Waals surface area contributed by atoms with Crippen LogP contribution in [0.4, 0.5) is 0 Å². The largest absolute Gasteiger partial charge is 0.330 e. The molecule has 128 valence electrons. The Balaban J connectivity index is 4.25. The van der Waals surface area contributed by atoms with Gasteiger partial charge in [-0.1, -0.05) is 34.6 Å². The normalized spacial score (nSPS) is 14.4. The number of likely N-dealkylation sites (N-methyl/N-ethyl adjacent to an activating group) is 1. The summed E-state index contributed by atoms with van der Waals surface area (Å²) < 4.78 is 0. The second-order valence-electron chi connectivity index (χ2n) is 8.28. The molecular formula is C18H41N3. The Bertz CT molecular complexity index is 243. The molecule has 0 aromatic carbocycles. The predicted molar refractivity (Wildman–Crippen MR) is 95.7 cm³/mol. The van der Waals surface area contributed by atoms with Gasteiger partial charge < -0.3 is 15.5 Å². The smallest absolute Gasteiger partial charge is 0.0109 e.